The summed E-state index contributed by atoms with van der Waals surface area (Å²) in [6, 6.07) is 1.38. The van der Waals surface area contributed by atoms with Gasteiger partial charge in [0.25, 0.3) is 0 Å². The van der Waals surface area contributed by atoms with Crippen LogP contribution in [-0.2, 0) is 11.3 Å². The van der Waals surface area contributed by atoms with Crippen molar-refractivity contribution in [2.45, 2.75) is 45.5 Å². The van der Waals surface area contributed by atoms with Gasteiger partial charge in [0.1, 0.15) is 16.9 Å². The van der Waals surface area contributed by atoms with Crippen molar-refractivity contribution in [2.24, 2.45) is 0 Å². The van der Waals surface area contributed by atoms with Crippen molar-refractivity contribution in [2.75, 3.05) is 6.61 Å². The molecular formula is C13H18F3NO3. The van der Waals surface area contributed by atoms with Gasteiger partial charge in [0.05, 0.1) is 19.4 Å². The molecule has 114 valence electrons. The molecule has 0 bridgehead atoms. The SMILES string of the molecule is CCOC(=O)c1ccoc1CN[C@@](C)(CC)C(F)(F)F. The fourth-order valence-corrected chi connectivity index (χ4v) is 1.57. The lowest BCUT2D eigenvalue weighted by Gasteiger charge is -2.31. The zero-order chi connectivity index (χ0) is 15.4. The number of esters is 1. The van der Waals surface area contributed by atoms with E-state index < -0.39 is 17.7 Å². The molecule has 0 aliphatic heterocycles. The average Bonchev–Trinajstić information content (AvgIpc) is 2.83. The Balaban J connectivity index is 2.80. The smallest absolute Gasteiger partial charge is 0.406 e. The lowest BCUT2D eigenvalue weighted by molar-refractivity contribution is -0.193. The van der Waals surface area contributed by atoms with Crippen molar-refractivity contribution in [3.8, 4) is 0 Å². The molecule has 0 saturated heterocycles. The Morgan fingerprint density at radius 2 is 2.05 bits per heavy atom. The van der Waals surface area contributed by atoms with Crippen LogP contribution >= 0.6 is 0 Å². The summed E-state index contributed by atoms with van der Waals surface area (Å²) in [5, 5.41) is 2.40. The van der Waals surface area contributed by atoms with Gasteiger partial charge in [-0.2, -0.15) is 13.2 Å². The summed E-state index contributed by atoms with van der Waals surface area (Å²) in [5.41, 5.74) is -1.90. The number of rotatable bonds is 6. The number of hydrogen-bond donors (Lipinski definition) is 1. The minimum absolute atomic E-state index is 0.132. The molecule has 0 fully saturated rings. The second-order valence-corrected chi connectivity index (χ2v) is 4.51. The molecule has 0 radical (unpaired) electrons. The van der Waals surface area contributed by atoms with Gasteiger partial charge in [-0.15, -0.1) is 0 Å². The van der Waals surface area contributed by atoms with Crippen LogP contribution in [0.1, 0.15) is 43.3 Å². The highest BCUT2D eigenvalue weighted by molar-refractivity contribution is 5.90. The van der Waals surface area contributed by atoms with Crippen LogP contribution in [0.2, 0.25) is 0 Å². The molecule has 0 aliphatic rings. The van der Waals surface area contributed by atoms with Crippen LogP contribution in [0.25, 0.3) is 0 Å². The summed E-state index contributed by atoms with van der Waals surface area (Å²) in [5.74, 6) is -0.476. The van der Waals surface area contributed by atoms with E-state index in [9.17, 15) is 18.0 Å². The quantitative estimate of drug-likeness (QED) is 0.818. The highest BCUT2D eigenvalue weighted by atomic mass is 19.4. The van der Waals surface area contributed by atoms with E-state index in [0.717, 1.165) is 6.92 Å². The van der Waals surface area contributed by atoms with Crippen molar-refractivity contribution in [3.63, 3.8) is 0 Å². The first-order chi connectivity index (χ1) is 9.25. The van der Waals surface area contributed by atoms with Gasteiger partial charge in [0.15, 0.2) is 0 Å². The van der Waals surface area contributed by atoms with Gasteiger partial charge in [-0.1, -0.05) is 6.92 Å². The molecule has 1 N–H and O–H groups in total. The first-order valence-electron chi connectivity index (χ1n) is 6.30. The van der Waals surface area contributed by atoms with Gasteiger partial charge in [0.2, 0.25) is 0 Å². The number of furan rings is 1. The molecule has 7 heteroatoms. The van der Waals surface area contributed by atoms with E-state index in [1.54, 1.807) is 6.92 Å². The summed E-state index contributed by atoms with van der Waals surface area (Å²) in [6.45, 7) is 4.14. The summed E-state index contributed by atoms with van der Waals surface area (Å²) in [6.07, 6.45) is -3.27. The largest absolute Gasteiger partial charge is 0.467 e. The summed E-state index contributed by atoms with van der Waals surface area (Å²) in [7, 11) is 0. The van der Waals surface area contributed by atoms with Gasteiger partial charge in [-0.05, 0) is 26.3 Å². The Morgan fingerprint density at radius 1 is 1.40 bits per heavy atom. The molecule has 0 aromatic carbocycles. The number of halogens is 3. The highest BCUT2D eigenvalue weighted by Gasteiger charge is 2.49. The lowest BCUT2D eigenvalue weighted by atomic mass is 9.98. The maximum Gasteiger partial charge on any atom is 0.406 e. The first-order valence-corrected chi connectivity index (χ1v) is 6.30. The van der Waals surface area contributed by atoms with Gasteiger partial charge in [-0.3, -0.25) is 5.32 Å². The van der Waals surface area contributed by atoms with E-state index >= 15 is 0 Å². The van der Waals surface area contributed by atoms with Gasteiger partial charge < -0.3 is 9.15 Å². The fraction of sp³-hybridized carbons (Fsp3) is 0.615. The van der Waals surface area contributed by atoms with Crippen molar-refractivity contribution in [1.82, 2.24) is 5.32 Å². The minimum Gasteiger partial charge on any atom is -0.467 e. The van der Waals surface area contributed by atoms with Crippen molar-refractivity contribution in [3.05, 3.63) is 23.7 Å². The van der Waals surface area contributed by atoms with Crippen LogP contribution < -0.4 is 5.32 Å². The van der Waals surface area contributed by atoms with E-state index in [4.69, 9.17) is 9.15 Å². The molecule has 1 atom stereocenters. The lowest BCUT2D eigenvalue weighted by Crippen LogP contribution is -2.53. The van der Waals surface area contributed by atoms with Crippen LogP contribution in [-0.4, -0.2) is 24.3 Å². The molecule has 4 nitrogen and oxygen atoms in total. The standard InChI is InChI=1S/C13H18F3NO3/c1-4-12(3,13(14,15)16)17-8-10-9(6-7-20-10)11(18)19-5-2/h6-7,17H,4-5,8H2,1-3H3/t12-/m0/s1. The zero-order valence-electron chi connectivity index (χ0n) is 11.6. The van der Waals surface area contributed by atoms with Gasteiger partial charge in [0, 0.05) is 0 Å². The number of hydrogen-bond acceptors (Lipinski definition) is 4. The molecule has 0 amide bonds. The predicted molar refractivity (Wildman–Crippen MR) is 66.3 cm³/mol. The maximum absolute atomic E-state index is 12.9. The van der Waals surface area contributed by atoms with Crippen LogP contribution in [0.15, 0.2) is 16.7 Å². The van der Waals surface area contributed by atoms with E-state index in [-0.39, 0.29) is 30.9 Å². The van der Waals surface area contributed by atoms with Crippen molar-refractivity contribution in [1.29, 1.82) is 0 Å². The topological polar surface area (TPSA) is 51.5 Å². The second kappa shape index (κ2) is 6.30. The number of ether oxygens (including phenoxy) is 1. The second-order valence-electron chi connectivity index (χ2n) is 4.51. The van der Waals surface area contributed by atoms with Crippen LogP contribution in [0.4, 0.5) is 13.2 Å². The molecule has 1 rings (SSSR count). The zero-order valence-corrected chi connectivity index (χ0v) is 11.6. The first kappa shape index (κ1) is 16.6. The van der Waals surface area contributed by atoms with Crippen molar-refractivity contribution < 1.29 is 27.1 Å². The molecule has 1 heterocycles. The highest BCUT2D eigenvalue weighted by Crippen LogP contribution is 2.33. The minimum atomic E-state index is -4.39. The molecular weight excluding hydrogens is 275 g/mol. The number of nitrogens with one attached hydrogen (secondary N) is 1. The van der Waals surface area contributed by atoms with E-state index in [1.807, 2.05) is 0 Å². The van der Waals surface area contributed by atoms with E-state index in [0.29, 0.717) is 0 Å². The molecule has 0 saturated carbocycles. The Morgan fingerprint density at radius 3 is 2.55 bits per heavy atom. The fourth-order valence-electron chi connectivity index (χ4n) is 1.57. The van der Waals surface area contributed by atoms with Crippen LogP contribution in [0.5, 0.6) is 0 Å². The van der Waals surface area contributed by atoms with E-state index in [1.165, 1.54) is 19.3 Å². The predicted octanol–water partition coefficient (Wildman–Crippen LogP) is 3.28. The van der Waals surface area contributed by atoms with Crippen LogP contribution in [0, 0.1) is 0 Å². The Bertz CT molecular complexity index is 456. The maximum atomic E-state index is 12.9. The van der Waals surface area contributed by atoms with Crippen molar-refractivity contribution >= 4 is 5.97 Å². The summed E-state index contributed by atoms with van der Waals surface area (Å²) >= 11 is 0. The third kappa shape index (κ3) is 3.53. The summed E-state index contributed by atoms with van der Waals surface area (Å²) < 4.78 is 48.6. The van der Waals surface area contributed by atoms with Crippen LogP contribution in [0.3, 0.4) is 0 Å². The molecule has 0 unspecified atom stereocenters. The summed E-state index contributed by atoms with van der Waals surface area (Å²) in [4.78, 5) is 11.6. The number of alkyl halides is 3. The Hall–Kier alpha value is -1.50. The molecule has 1 aromatic rings. The van der Waals surface area contributed by atoms with E-state index in [2.05, 4.69) is 5.32 Å². The normalized spacial score (nSPS) is 14.9. The number of carbonyl (C=O) groups excluding carboxylic acids is 1. The average molecular weight is 293 g/mol. The van der Waals surface area contributed by atoms with Gasteiger partial charge in [-0.25, -0.2) is 4.79 Å². The third-order valence-electron chi connectivity index (χ3n) is 3.21. The number of carbonyl (C=O) groups is 1. The Kier molecular flexibility index (Phi) is 5.21. The third-order valence-corrected chi connectivity index (χ3v) is 3.21. The molecule has 20 heavy (non-hydrogen) atoms. The molecule has 0 aliphatic carbocycles. The molecule has 1 aromatic heterocycles. The monoisotopic (exact) mass is 293 g/mol. The van der Waals surface area contributed by atoms with Gasteiger partial charge >= 0.3 is 12.1 Å². The Labute approximate surface area is 115 Å². The molecule has 0 spiro atoms.